The number of amides is 1. The molecule has 2 aromatic heterocycles. The van der Waals surface area contributed by atoms with Crippen molar-refractivity contribution >= 4 is 11.9 Å². The van der Waals surface area contributed by atoms with Gasteiger partial charge in [0.1, 0.15) is 11.6 Å². The van der Waals surface area contributed by atoms with E-state index in [4.69, 9.17) is 0 Å². The Labute approximate surface area is 236 Å². The van der Waals surface area contributed by atoms with Crippen LogP contribution in [0.3, 0.4) is 0 Å². The molecule has 216 valence electrons. The first-order valence-corrected chi connectivity index (χ1v) is 14.5. The summed E-state index contributed by atoms with van der Waals surface area (Å²) in [6.07, 6.45) is 13.4. The second kappa shape index (κ2) is 14.8. The summed E-state index contributed by atoms with van der Waals surface area (Å²) in [7, 11) is 0. The Morgan fingerprint density at radius 2 is 1.35 bits per heavy atom. The minimum absolute atomic E-state index is 0.0176. The van der Waals surface area contributed by atoms with Crippen LogP contribution in [0.1, 0.15) is 79.9 Å². The van der Waals surface area contributed by atoms with Crippen LogP contribution in [0.15, 0.2) is 49.1 Å². The topological polar surface area (TPSA) is 121 Å². The maximum absolute atomic E-state index is 13.5. The smallest absolute Gasteiger partial charge is 0.317 e. The van der Waals surface area contributed by atoms with Gasteiger partial charge >= 0.3 is 5.97 Å². The van der Waals surface area contributed by atoms with E-state index >= 15 is 0 Å². The van der Waals surface area contributed by atoms with Crippen molar-refractivity contribution in [2.24, 2.45) is 0 Å². The number of imidazole rings is 2. The van der Waals surface area contributed by atoms with E-state index in [0.29, 0.717) is 42.9 Å². The van der Waals surface area contributed by atoms with Crippen LogP contribution in [-0.4, -0.2) is 83.3 Å². The molecule has 3 aromatic rings. The zero-order chi connectivity index (χ0) is 28.3. The molecule has 2 heterocycles. The van der Waals surface area contributed by atoms with Crippen LogP contribution in [0.5, 0.6) is 0 Å². The third kappa shape index (κ3) is 8.25. The number of rotatable bonds is 15. The number of aliphatic carboxylic acids is 1. The molecule has 0 unspecified atom stereocenters. The summed E-state index contributed by atoms with van der Waals surface area (Å²) in [5.74, 6) is 0.467. The molecule has 1 aromatic carbocycles. The van der Waals surface area contributed by atoms with E-state index in [1.54, 1.807) is 29.7 Å². The van der Waals surface area contributed by atoms with Crippen LogP contribution in [0.2, 0.25) is 0 Å². The van der Waals surface area contributed by atoms with Crippen molar-refractivity contribution in [3.63, 3.8) is 0 Å². The highest BCUT2D eigenvalue weighted by Gasteiger charge is 2.29. The van der Waals surface area contributed by atoms with Gasteiger partial charge in [-0.05, 0) is 69.3 Å². The van der Waals surface area contributed by atoms with Crippen molar-refractivity contribution in [1.29, 1.82) is 0 Å². The number of H-pyrrole nitrogens is 2. The van der Waals surface area contributed by atoms with Crippen molar-refractivity contribution in [1.82, 2.24) is 34.6 Å². The standard InChI is InChI=1S/C30H43N7O3/c1-3-17-35(18-4-2)25-9-11-26(12-10-25)36(22-29(38)39)19-23-5-7-24(8-6-23)30(40)37(20-27-31-13-14-32-27)21-28-33-15-16-34-28/h5-8,13-16,25-26H,3-4,9-12,17-22H2,1-2H3,(H,31,32)(H,33,34)(H,38,39)/t25-,26-. The summed E-state index contributed by atoms with van der Waals surface area (Å²) in [5.41, 5.74) is 1.57. The highest BCUT2D eigenvalue weighted by molar-refractivity contribution is 5.94. The third-order valence-corrected chi connectivity index (χ3v) is 7.72. The van der Waals surface area contributed by atoms with Gasteiger partial charge in [0.05, 0.1) is 19.6 Å². The number of carboxylic acids is 1. The third-order valence-electron chi connectivity index (χ3n) is 7.72. The predicted molar refractivity (Wildman–Crippen MR) is 153 cm³/mol. The zero-order valence-electron chi connectivity index (χ0n) is 23.8. The lowest BCUT2D eigenvalue weighted by Gasteiger charge is -2.40. The minimum Gasteiger partial charge on any atom is -0.480 e. The van der Waals surface area contributed by atoms with Crippen molar-refractivity contribution < 1.29 is 14.7 Å². The molecule has 1 amide bonds. The highest BCUT2D eigenvalue weighted by Crippen LogP contribution is 2.28. The van der Waals surface area contributed by atoms with E-state index in [0.717, 1.165) is 57.2 Å². The Hall–Kier alpha value is -3.50. The molecule has 1 fully saturated rings. The predicted octanol–water partition coefficient (Wildman–Crippen LogP) is 4.30. The zero-order valence-corrected chi connectivity index (χ0v) is 23.8. The van der Waals surface area contributed by atoms with Crippen LogP contribution >= 0.6 is 0 Å². The largest absolute Gasteiger partial charge is 0.480 e. The van der Waals surface area contributed by atoms with Crippen molar-refractivity contribution in [2.45, 2.75) is 84.1 Å². The maximum atomic E-state index is 13.5. The number of carbonyl (C=O) groups is 2. The molecule has 0 bridgehead atoms. The molecule has 0 saturated heterocycles. The lowest BCUT2D eigenvalue weighted by molar-refractivity contribution is -0.139. The molecular formula is C30H43N7O3. The van der Waals surface area contributed by atoms with Crippen LogP contribution in [0, 0.1) is 0 Å². The first-order valence-electron chi connectivity index (χ1n) is 14.5. The molecule has 10 heteroatoms. The summed E-state index contributed by atoms with van der Waals surface area (Å²) >= 11 is 0. The van der Waals surface area contributed by atoms with E-state index in [1.807, 2.05) is 24.3 Å². The summed E-state index contributed by atoms with van der Waals surface area (Å²) in [5, 5.41) is 9.65. The number of aromatic nitrogens is 4. The molecule has 1 aliphatic rings. The number of carbonyl (C=O) groups excluding carboxylic acids is 1. The van der Waals surface area contributed by atoms with Gasteiger partial charge in [-0.3, -0.25) is 14.5 Å². The molecule has 1 saturated carbocycles. The van der Waals surface area contributed by atoms with Crippen molar-refractivity contribution in [2.75, 3.05) is 19.6 Å². The molecule has 0 aliphatic heterocycles. The maximum Gasteiger partial charge on any atom is 0.317 e. The van der Waals surface area contributed by atoms with Gasteiger partial charge in [0.25, 0.3) is 5.91 Å². The fourth-order valence-electron chi connectivity index (χ4n) is 5.83. The molecule has 0 radical (unpaired) electrons. The van der Waals surface area contributed by atoms with Gasteiger partial charge in [0.2, 0.25) is 0 Å². The normalized spacial score (nSPS) is 17.4. The summed E-state index contributed by atoms with van der Waals surface area (Å²) in [6, 6.07) is 8.39. The number of benzene rings is 1. The van der Waals surface area contributed by atoms with Crippen LogP contribution < -0.4 is 0 Å². The second-order valence-corrected chi connectivity index (χ2v) is 10.7. The second-order valence-electron chi connectivity index (χ2n) is 10.7. The van der Waals surface area contributed by atoms with Crippen LogP contribution in [0.25, 0.3) is 0 Å². The summed E-state index contributed by atoms with van der Waals surface area (Å²) in [4.78, 5) is 46.3. The van der Waals surface area contributed by atoms with E-state index in [1.165, 1.54) is 0 Å². The van der Waals surface area contributed by atoms with Gasteiger partial charge in [0, 0.05) is 49.0 Å². The van der Waals surface area contributed by atoms with Crippen molar-refractivity contribution in [3.8, 4) is 0 Å². The number of hydrogen-bond acceptors (Lipinski definition) is 6. The molecule has 40 heavy (non-hydrogen) atoms. The van der Waals surface area contributed by atoms with E-state index in [9.17, 15) is 14.7 Å². The Morgan fingerprint density at radius 1 is 0.825 bits per heavy atom. The van der Waals surface area contributed by atoms with Gasteiger partial charge in [-0.25, -0.2) is 9.97 Å². The number of carboxylic acid groups (broad SMARTS) is 1. The van der Waals surface area contributed by atoms with Gasteiger partial charge in [-0.1, -0.05) is 26.0 Å². The Bertz CT molecular complexity index is 1110. The Balaban J connectivity index is 1.40. The Morgan fingerprint density at radius 3 is 1.80 bits per heavy atom. The van der Waals surface area contributed by atoms with Crippen molar-refractivity contribution in [3.05, 3.63) is 71.8 Å². The monoisotopic (exact) mass is 549 g/mol. The summed E-state index contributed by atoms with van der Waals surface area (Å²) in [6.45, 7) is 7.96. The minimum atomic E-state index is -0.806. The molecule has 3 N–H and O–H groups in total. The van der Waals surface area contributed by atoms with E-state index < -0.39 is 5.97 Å². The molecule has 1 aliphatic carbocycles. The number of nitrogens with zero attached hydrogens (tertiary/aromatic N) is 5. The first-order chi connectivity index (χ1) is 19.5. The molecule has 0 atom stereocenters. The van der Waals surface area contributed by atoms with Gasteiger partial charge < -0.3 is 24.9 Å². The lowest BCUT2D eigenvalue weighted by Crippen LogP contribution is -2.45. The SMILES string of the molecule is CCCN(CCC)[C@H]1CC[C@H](N(CC(=O)O)Cc2ccc(C(=O)N(Cc3ncc[nH]3)Cc3ncc[nH]3)cc2)CC1. The molecule has 10 nitrogen and oxygen atoms in total. The molecule has 0 spiro atoms. The average Bonchev–Trinajstić information content (AvgIpc) is 3.67. The van der Waals surface area contributed by atoms with Crippen LogP contribution in [0.4, 0.5) is 0 Å². The number of nitrogens with one attached hydrogen (secondary N) is 2. The fourth-order valence-corrected chi connectivity index (χ4v) is 5.83. The lowest BCUT2D eigenvalue weighted by atomic mass is 9.88. The number of aromatic amines is 2. The molecule has 4 rings (SSSR count). The van der Waals surface area contributed by atoms with Crippen LogP contribution in [-0.2, 0) is 24.4 Å². The number of hydrogen-bond donors (Lipinski definition) is 3. The summed E-state index contributed by atoms with van der Waals surface area (Å²) < 4.78 is 0. The average molecular weight is 550 g/mol. The molecular weight excluding hydrogens is 506 g/mol. The van der Waals surface area contributed by atoms with E-state index in [2.05, 4.69) is 43.6 Å². The van der Waals surface area contributed by atoms with E-state index in [-0.39, 0.29) is 18.5 Å². The first kappa shape index (κ1) is 29.5. The van der Waals surface area contributed by atoms with Gasteiger partial charge in [0.15, 0.2) is 0 Å². The van der Waals surface area contributed by atoms with Gasteiger partial charge in [-0.15, -0.1) is 0 Å². The van der Waals surface area contributed by atoms with Gasteiger partial charge in [-0.2, -0.15) is 0 Å². The Kier molecular flexibility index (Phi) is 10.9. The fraction of sp³-hybridized carbons (Fsp3) is 0.533. The highest BCUT2D eigenvalue weighted by atomic mass is 16.4. The quantitative estimate of drug-likeness (QED) is 0.258.